The molecular weight excluding hydrogens is 422 g/mol. The van der Waals surface area contributed by atoms with Gasteiger partial charge in [-0.25, -0.2) is 4.79 Å². The Balaban J connectivity index is 1.91. The zero-order valence-electron chi connectivity index (χ0n) is 18.2. The summed E-state index contributed by atoms with van der Waals surface area (Å²) >= 11 is 1.55. The molecule has 0 saturated carbocycles. The van der Waals surface area contributed by atoms with Crippen molar-refractivity contribution in [3.05, 3.63) is 83.7 Å². The van der Waals surface area contributed by atoms with E-state index in [9.17, 15) is 14.7 Å². The Morgan fingerprint density at radius 1 is 1.09 bits per heavy atom. The van der Waals surface area contributed by atoms with E-state index in [1.807, 2.05) is 61.7 Å². The van der Waals surface area contributed by atoms with Crippen LogP contribution in [0.15, 0.2) is 67.0 Å². The summed E-state index contributed by atoms with van der Waals surface area (Å²) in [6.45, 7) is 2.56. The molecule has 0 bridgehead atoms. The molecule has 166 valence electrons. The first kappa shape index (κ1) is 23.3. The van der Waals surface area contributed by atoms with Gasteiger partial charge in [0.2, 0.25) is 0 Å². The topological polar surface area (TPSA) is 91.3 Å². The van der Waals surface area contributed by atoms with Crippen LogP contribution in [0.3, 0.4) is 0 Å². The van der Waals surface area contributed by atoms with Crippen LogP contribution in [-0.4, -0.2) is 40.0 Å². The maximum absolute atomic E-state index is 13.1. The van der Waals surface area contributed by atoms with Crippen molar-refractivity contribution < 1.29 is 14.7 Å². The Morgan fingerprint density at radius 3 is 2.59 bits per heavy atom. The van der Waals surface area contributed by atoms with Crippen LogP contribution in [0, 0.1) is 6.92 Å². The van der Waals surface area contributed by atoms with Gasteiger partial charge in [-0.3, -0.25) is 9.78 Å². The molecule has 0 unspecified atom stereocenters. The lowest BCUT2D eigenvalue weighted by molar-refractivity contribution is -0.139. The predicted molar refractivity (Wildman–Crippen MR) is 130 cm³/mol. The van der Waals surface area contributed by atoms with Crippen molar-refractivity contribution in [1.29, 1.82) is 0 Å². The summed E-state index contributed by atoms with van der Waals surface area (Å²) in [5, 5.41) is 15.5. The van der Waals surface area contributed by atoms with Crippen LogP contribution in [0.2, 0.25) is 0 Å². The maximum atomic E-state index is 13.1. The van der Waals surface area contributed by atoms with Crippen LogP contribution >= 0.6 is 11.8 Å². The zero-order valence-corrected chi connectivity index (χ0v) is 19.0. The van der Waals surface area contributed by atoms with E-state index in [4.69, 9.17) is 0 Å². The van der Waals surface area contributed by atoms with Crippen molar-refractivity contribution in [3.63, 3.8) is 0 Å². The van der Waals surface area contributed by atoms with Gasteiger partial charge in [-0.2, -0.15) is 11.8 Å². The molecule has 3 aromatic rings. The number of aliphatic carboxylic acids is 1. The van der Waals surface area contributed by atoms with Gasteiger partial charge in [0.25, 0.3) is 5.91 Å². The molecule has 6 nitrogen and oxygen atoms in total. The van der Waals surface area contributed by atoms with Crippen molar-refractivity contribution in [2.45, 2.75) is 25.9 Å². The molecule has 1 amide bonds. The molecular formula is C25H27N3O3S. The largest absolute Gasteiger partial charge is 0.480 e. The van der Waals surface area contributed by atoms with E-state index in [-0.39, 0.29) is 5.91 Å². The fraction of sp³-hybridized carbons (Fsp3) is 0.240. The van der Waals surface area contributed by atoms with Gasteiger partial charge in [-0.05, 0) is 71.9 Å². The molecule has 3 N–H and O–H groups in total. The van der Waals surface area contributed by atoms with E-state index in [0.717, 1.165) is 27.9 Å². The predicted octanol–water partition coefficient (Wildman–Crippen LogP) is 4.61. The van der Waals surface area contributed by atoms with E-state index in [0.29, 0.717) is 24.3 Å². The van der Waals surface area contributed by atoms with E-state index in [1.54, 1.807) is 30.2 Å². The van der Waals surface area contributed by atoms with Crippen molar-refractivity contribution in [3.8, 4) is 11.1 Å². The number of aromatic nitrogens is 1. The number of hydrogen-bond acceptors (Lipinski definition) is 5. The van der Waals surface area contributed by atoms with Crippen molar-refractivity contribution in [2.75, 3.05) is 17.3 Å². The van der Waals surface area contributed by atoms with E-state index in [2.05, 4.69) is 15.6 Å². The molecule has 0 saturated heterocycles. The highest BCUT2D eigenvalue weighted by Crippen LogP contribution is 2.28. The number of pyridine rings is 1. The third-order valence-corrected chi connectivity index (χ3v) is 5.78. The average Bonchev–Trinajstić information content (AvgIpc) is 2.81. The summed E-state index contributed by atoms with van der Waals surface area (Å²) in [7, 11) is 0. The van der Waals surface area contributed by atoms with E-state index in [1.165, 1.54) is 0 Å². The SMILES string of the molecule is CSCC[C@H](NC(=O)c1ccc(CNc2cccnc2)cc1-c1ccccc1C)C(=O)O. The first-order chi connectivity index (χ1) is 15.5. The monoisotopic (exact) mass is 449 g/mol. The van der Waals surface area contributed by atoms with Crippen LogP contribution in [0.25, 0.3) is 11.1 Å². The number of rotatable bonds is 10. The first-order valence-electron chi connectivity index (χ1n) is 10.3. The van der Waals surface area contributed by atoms with Gasteiger partial charge >= 0.3 is 5.97 Å². The fourth-order valence-corrected chi connectivity index (χ4v) is 3.87. The lowest BCUT2D eigenvalue weighted by atomic mass is 9.93. The number of carbonyl (C=O) groups excluding carboxylic acids is 1. The van der Waals surface area contributed by atoms with Gasteiger partial charge < -0.3 is 15.7 Å². The number of carbonyl (C=O) groups is 2. The lowest BCUT2D eigenvalue weighted by Crippen LogP contribution is -2.41. The van der Waals surface area contributed by atoms with Crippen LogP contribution in [-0.2, 0) is 11.3 Å². The zero-order chi connectivity index (χ0) is 22.9. The number of hydrogen-bond donors (Lipinski definition) is 3. The third kappa shape index (κ3) is 6.11. The molecule has 0 aliphatic carbocycles. The number of carboxylic acid groups (broad SMARTS) is 1. The van der Waals surface area contributed by atoms with Gasteiger partial charge in [0.15, 0.2) is 0 Å². The first-order valence-corrected chi connectivity index (χ1v) is 11.7. The van der Waals surface area contributed by atoms with E-state index < -0.39 is 12.0 Å². The number of thioether (sulfide) groups is 1. The third-order valence-electron chi connectivity index (χ3n) is 5.14. The molecule has 32 heavy (non-hydrogen) atoms. The summed E-state index contributed by atoms with van der Waals surface area (Å²) < 4.78 is 0. The molecule has 1 aromatic heterocycles. The van der Waals surface area contributed by atoms with Gasteiger partial charge in [0.1, 0.15) is 6.04 Å². The van der Waals surface area contributed by atoms with Crippen LogP contribution in [0.4, 0.5) is 5.69 Å². The highest BCUT2D eigenvalue weighted by atomic mass is 32.2. The average molecular weight is 450 g/mol. The molecule has 3 rings (SSSR count). The van der Waals surface area contributed by atoms with E-state index >= 15 is 0 Å². The Kier molecular flexibility index (Phi) is 8.27. The smallest absolute Gasteiger partial charge is 0.326 e. The number of amides is 1. The van der Waals surface area contributed by atoms with Gasteiger partial charge in [0, 0.05) is 24.5 Å². The quantitative estimate of drug-likeness (QED) is 0.419. The summed E-state index contributed by atoms with van der Waals surface area (Å²) in [6, 6.07) is 16.4. The minimum Gasteiger partial charge on any atom is -0.480 e. The highest BCUT2D eigenvalue weighted by molar-refractivity contribution is 7.98. The molecule has 7 heteroatoms. The second-order valence-corrected chi connectivity index (χ2v) is 8.42. The van der Waals surface area contributed by atoms with Gasteiger partial charge in [-0.15, -0.1) is 0 Å². The highest BCUT2D eigenvalue weighted by Gasteiger charge is 2.22. The minimum atomic E-state index is -1.03. The van der Waals surface area contributed by atoms with Crippen LogP contribution < -0.4 is 10.6 Å². The number of benzene rings is 2. The molecule has 0 aliphatic rings. The normalized spacial score (nSPS) is 11.6. The maximum Gasteiger partial charge on any atom is 0.326 e. The molecule has 0 radical (unpaired) electrons. The molecule has 0 spiro atoms. The minimum absolute atomic E-state index is 0.370. The van der Waals surface area contributed by atoms with Crippen LogP contribution in [0.5, 0.6) is 0 Å². The second kappa shape index (κ2) is 11.3. The molecule has 1 atom stereocenters. The van der Waals surface area contributed by atoms with Crippen molar-refractivity contribution in [1.82, 2.24) is 10.3 Å². The van der Waals surface area contributed by atoms with Crippen molar-refractivity contribution in [2.24, 2.45) is 0 Å². The Morgan fingerprint density at radius 2 is 1.91 bits per heavy atom. The number of aryl methyl sites for hydroxylation is 1. The standard InChI is InChI=1S/C25H27N3O3S/c1-17-6-3-4-8-20(17)22-14-18(15-27-19-7-5-12-26-16-19)9-10-21(22)24(29)28-23(25(30)31)11-13-32-2/h3-10,12,14,16,23,27H,11,13,15H2,1-2H3,(H,28,29)(H,30,31)/t23-/m0/s1. The summed E-state index contributed by atoms with van der Waals surface area (Å²) in [5.41, 5.74) is 5.12. The number of nitrogens with zero attached hydrogens (tertiary/aromatic N) is 1. The van der Waals surface area contributed by atoms with Crippen LogP contribution in [0.1, 0.15) is 27.9 Å². The Bertz CT molecular complexity index is 1070. The number of carboxylic acids is 1. The number of nitrogens with one attached hydrogen (secondary N) is 2. The van der Waals surface area contributed by atoms with Gasteiger partial charge in [0.05, 0.1) is 5.69 Å². The molecule has 0 fully saturated rings. The van der Waals surface area contributed by atoms with Crippen molar-refractivity contribution >= 4 is 29.3 Å². The molecule has 2 aromatic carbocycles. The number of anilines is 1. The summed E-state index contributed by atoms with van der Waals surface area (Å²) in [5.74, 6) is -0.758. The second-order valence-electron chi connectivity index (χ2n) is 7.44. The lowest BCUT2D eigenvalue weighted by Gasteiger charge is -2.18. The summed E-state index contributed by atoms with van der Waals surface area (Å²) in [4.78, 5) is 28.8. The Labute approximate surface area is 192 Å². The molecule has 1 heterocycles. The molecule has 0 aliphatic heterocycles. The summed E-state index contributed by atoms with van der Waals surface area (Å²) in [6.07, 6.45) is 5.76. The van der Waals surface area contributed by atoms with Gasteiger partial charge in [-0.1, -0.05) is 30.3 Å². The Hall–Kier alpha value is -3.32. The fourth-order valence-electron chi connectivity index (χ4n) is 3.40.